The average Bonchev–Trinajstić information content (AvgIpc) is 3.15. The molecule has 1 aromatic heterocycles. The van der Waals surface area contributed by atoms with Gasteiger partial charge in [-0.25, -0.2) is 9.37 Å². The van der Waals surface area contributed by atoms with E-state index in [9.17, 15) is 9.18 Å². The van der Waals surface area contributed by atoms with Crippen molar-refractivity contribution in [3.05, 3.63) is 34.1 Å². The third-order valence-corrected chi connectivity index (χ3v) is 6.68. The van der Waals surface area contributed by atoms with Gasteiger partial charge in [-0.1, -0.05) is 12.8 Å². The Morgan fingerprint density at radius 3 is 2.67 bits per heavy atom. The minimum Gasteiger partial charge on any atom is -0.380 e. The van der Waals surface area contributed by atoms with E-state index in [-0.39, 0.29) is 23.8 Å². The molecule has 1 aliphatic carbocycles. The van der Waals surface area contributed by atoms with Crippen molar-refractivity contribution in [2.45, 2.75) is 55.6 Å². The monoisotopic (exact) mass is 412 g/mol. The van der Waals surface area contributed by atoms with Gasteiger partial charge in [-0.05, 0) is 50.9 Å². The Kier molecular flexibility index (Phi) is 7.00. The van der Waals surface area contributed by atoms with E-state index >= 15 is 0 Å². The molecular formula is C19H26ClFN4OS. The van der Waals surface area contributed by atoms with Gasteiger partial charge in [-0.15, -0.1) is 12.4 Å². The molecule has 1 aromatic carbocycles. The fraction of sp³-hybridized carbons (Fsp3) is 0.579. The van der Waals surface area contributed by atoms with Crippen LogP contribution in [0.3, 0.4) is 0 Å². The van der Waals surface area contributed by atoms with E-state index in [1.54, 1.807) is 6.07 Å². The molecule has 0 radical (unpaired) electrons. The first-order valence-corrected chi connectivity index (χ1v) is 10.6. The average molecular weight is 413 g/mol. The van der Waals surface area contributed by atoms with E-state index in [0.29, 0.717) is 39.5 Å². The quantitative estimate of drug-likeness (QED) is 0.696. The van der Waals surface area contributed by atoms with Crippen LogP contribution in [0.1, 0.15) is 44.3 Å². The van der Waals surface area contributed by atoms with Gasteiger partial charge < -0.3 is 15.6 Å². The zero-order chi connectivity index (χ0) is 17.9. The lowest BCUT2D eigenvalue weighted by atomic mass is 10.2. The Balaban J connectivity index is 0.00000210. The number of hydrogen-bond acceptors (Lipinski definition) is 5. The van der Waals surface area contributed by atoms with Crippen molar-refractivity contribution >= 4 is 40.8 Å². The van der Waals surface area contributed by atoms with Crippen molar-refractivity contribution in [1.29, 1.82) is 0 Å². The zero-order valence-corrected chi connectivity index (χ0v) is 16.9. The maximum Gasteiger partial charge on any atom is 0.258 e. The highest BCUT2D eigenvalue weighted by atomic mass is 35.5. The van der Waals surface area contributed by atoms with Crippen molar-refractivity contribution < 1.29 is 4.39 Å². The van der Waals surface area contributed by atoms with Crippen LogP contribution in [0, 0.1) is 5.82 Å². The molecule has 0 amide bonds. The minimum atomic E-state index is -0.381. The standard InChI is InChI=1S/C19H25FN4OS.ClH/c20-15-9-14-16(10-17(15)22-12-3-1-2-4-12)23-18(24-19(14)25)11-26-13-5-7-21-8-6-13;/h9-10,12-13,21-22H,1-8,11H2,(H,23,24,25);1H. The second kappa shape index (κ2) is 9.26. The smallest absolute Gasteiger partial charge is 0.258 e. The Labute approximate surface area is 168 Å². The Bertz CT molecular complexity index is 834. The summed E-state index contributed by atoms with van der Waals surface area (Å²) in [5.41, 5.74) is 0.762. The molecule has 0 unspecified atom stereocenters. The van der Waals surface area contributed by atoms with Crippen LogP contribution in [0.2, 0.25) is 0 Å². The number of rotatable bonds is 5. The van der Waals surface area contributed by atoms with E-state index in [2.05, 4.69) is 20.6 Å². The number of halogens is 2. The van der Waals surface area contributed by atoms with Gasteiger partial charge in [-0.3, -0.25) is 4.79 Å². The predicted molar refractivity (Wildman–Crippen MR) is 113 cm³/mol. The van der Waals surface area contributed by atoms with Crippen LogP contribution >= 0.6 is 24.2 Å². The highest BCUT2D eigenvalue weighted by Gasteiger charge is 2.18. The maximum absolute atomic E-state index is 14.4. The number of nitrogens with zero attached hydrogens (tertiary/aromatic N) is 1. The van der Waals surface area contributed by atoms with Crippen LogP contribution in [0.15, 0.2) is 16.9 Å². The molecule has 0 spiro atoms. The van der Waals surface area contributed by atoms with Crippen molar-refractivity contribution in [3.8, 4) is 0 Å². The van der Waals surface area contributed by atoms with Gasteiger partial charge in [0.1, 0.15) is 11.6 Å². The molecule has 2 aliphatic rings. The Morgan fingerprint density at radius 1 is 1.19 bits per heavy atom. The number of H-pyrrole nitrogens is 1. The van der Waals surface area contributed by atoms with Crippen LogP contribution in [-0.4, -0.2) is 34.3 Å². The van der Waals surface area contributed by atoms with Crippen LogP contribution in [-0.2, 0) is 5.75 Å². The molecule has 2 heterocycles. The highest BCUT2D eigenvalue weighted by Crippen LogP contribution is 2.27. The molecule has 2 fully saturated rings. The Hall–Kier alpha value is -1.31. The molecule has 8 heteroatoms. The first-order chi connectivity index (χ1) is 12.7. The second-order valence-electron chi connectivity index (χ2n) is 7.25. The minimum absolute atomic E-state index is 0. The Morgan fingerprint density at radius 2 is 1.93 bits per heavy atom. The molecule has 1 aliphatic heterocycles. The number of aromatic amines is 1. The number of thioether (sulfide) groups is 1. The largest absolute Gasteiger partial charge is 0.380 e. The summed E-state index contributed by atoms with van der Waals surface area (Å²) < 4.78 is 14.4. The van der Waals surface area contributed by atoms with E-state index in [1.165, 1.54) is 18.9 Å². The number of hydrogen-bond donors (Lipinski definition) is 3. The van der Waals surface area contributed by atoms with Crippen LogP contribution in [0.25, 0.3) is 10.9 Å². The van der Waals surface area contributed by atoms with Gasteiger partial charge in [-0.2, -0.15) is 11.8 Å². The first-order valence-electron chi connectivity index (χ1n) is 9.50. The molecule has 4 rings (SSSR count). The van der Waals surface area contributed by atoms with Crippen LogP contribution in [0.5, 0.6) is 0 Å². The van der Waals surface area contributed by atoms with E-state index in [1.807, 2.05) is 11.8 Å². The summed E-state index contributed by atoms with van der Waals surface area (Å²) in [4.78, 5) is 19.8. The molecule has 0 bridgehead atoms. The fourth-order valence-electron chi connectivity index (χ4n) is 3.84. The molecule has 148 valence electrons. The predicted octanol–water partition coefficient (Wildman–Crippen LogP) is 3.82. The number of fused-ring (bicyclic) bond motifs is 1. The number of anilines is 1. The van der Waals surface area contributed by atoms with Gasteiger partial charge in [0.2, 0.25) is 0 Å². The van der Waals surface area contributed by atoms with Crippen molar-refractivity contribution in [2.75, 3.05) is 18.4 Å². The van der Waals surface area contributed by atoms with Gasteiger partial charge in [0.05, 0.1) is 22.3 Å². The molecule has 1 saturated heterocycles. The summed E-state index contributed by atoms with van der Waals surface area (Å²) in [6, 6.07) is 3.32. The topological polar surface area (TPSA) is 69.8 Å². The molecule has 3 N–H and O–H groups in total. The third-order valence-electron chi connectivity index (χ3n) is 5.30. The molecule has 1 saturated carbocycles. The summed E-state index contributed by atoms with van der Waals surface area (Å²) in [5.74, 6) is 0.969. The highest BCUT2D eigenvalue weighted by molar-refractivity contribution is 7.99. The third kappa shape index (κ3) is 4.95. The SMILES string of the molecule is Cl.O=c1[nH]c(CSC2CCNCC2)nc2cc(NC3CCCC3)c(F)cc12. The summed E-state index contributed by atoms with van der Waals surface area (Å²) in [7, 11) is 0. The van der Waals surface area contributed by atoms with Gasteiger partial charge in [0.15, 0.2) is 0 Å². The molecule has 2 aromatic rings. The number of nitrogens with one attached hydrogen (secondary N) is 3. The lowest BCUT2D eigenvalue weighted by molar-refractivity contribution is 0.531. The van der Waals surface area contributed by atoms with Crippen molar-refractivity contribution in [2.24, 2.45) is 0 Å². The number of piperidine rings is 1. The lowest BCUT2D eigenvalue weighted by Gasteiger charge is -2.21. The van der Waals surface area contributed by atoms with Crippen LogP contribution < -0.4 is 16.2 Å². The van der Waals surface area contributed by atoms with Crippen LogP contribution in [0.4, 0.5) is 10.1 Å². The summed E-state index contributed by atoms with van der Waals surface area (Å²) in [6.07, 6.45) is 6.79. The van der Waals surface area contributed by atoms with E-state index in [4.69, 9.17) is 0 Å². The zero-order valence-electron chi connectivity index (χ0n) is 15.2. The van der Waals surface area contributed by atoms with Gasteiger partial charge >= 0.3 is 0 Å². The number of benzene rings is 1. The number of aromatic nitrogens is 2. The normalized spacial score (nSPS) is 18.6. The van der Waals surface area contributed by atoms with Crippen molar-refractivity contribution in [1.82, 2.24) is 15.3 Å². The molecule has 27 heavy (non-hydrogen) atoms. The van der Waals surface area contributed by atoms with Gasteiger partial charge in [0, 0.05) is 11.3 Å². The van der Waals surface area contributed by atoms with E-state index in [0.717, 1.165) is 38.8 Å². The lowest BCUT2D eigenvalue weighted by Crippen LogP contribution is -2.29. The molecular weight excluding hydrogens is 387 g/mol. The summed E-state index contributed by atoms with van der Waals surface area (Å²) >= 11 is 1.84. The summed E-state index contributed by atoms with van der Waals surface area (Å²) in [5, 5.41) is 7.56. The molecule has 0 atom stereocenters. The van der Waals surface area contributed by atoms with Crippen molar-refractivity contribution in [3.63, 3.8) is 0 Å². The fourth-order valence-corrected chi connectivity index (χ4v) is 4.94. The van der Waals surface area contributed by atoms with Gasteiger partial charge in [0.25, 0.3) is 5.56 Å². The first kappa shape index (κ1) is 20.4. The summed E-state index contributed by atoms with van der Waals surface area (Å²) in [6.45, 7) is 2.10. The molecule has 5 nitrogen and oxygen atoms in total. The maximum atomic E-state index is 14.4. The van der Waals surface area contributed by atoms with E-state index < -0.39 is 0 Å². The second-order valence-corrected chi connectivity index (χ2v) is 8.54.